The van der Waals surface area contributed by atoms with Crippen LogP contribution in [0.3, 0.4) is 0 Å². The quantitative estimate of drug-likeness (QED) is 0.447. The fraction of sp³-hybridized carbons (Fsp3) is 0.889. The Balaban J connectivity index is 1.82. The number of allylic oxidation sites excluding steroid dienone is 2. The lowest BCUT2D eigenvalue weighted by Gasteiger charge is -2.24. The molecule has 0 amide bonds. The Morgan fingerprint density at radius 1 is 1.10 bits per heavy atom. The summed E-state index contributed by atoms with van der Waals surface area (Å²) < 4.78 is 5.85. The Hall–Kier alpha value is -0.340. The first-order valence-corrected chi connectivity index (χ1v) is 8.63. The lowest BCUT2D eigenvalue weighted by atomic mass is 9.85. The van der Waals surface area contributed by atoms with Gasteiger partial charge in [-0.1, -0.05) is 45.8 Å². The van der Waals surface area contributed by atoms with Crippen LogP contribution in [0, 0.1) is 17.8 Å². The summed E-state index contributed by atoms with van der Waals surface area (Å²) in [5, 5.41) is 3.50. The molecule has 0 saturated heterocycles. The molecule has 118 valence electrons. The smallest absolute Gasteiger partial charge is 0.0499 e. The zero-order chi connectivity index (χ0) is 14.6. The molecule has 1 aliphatic rings. The molecule has 0 saturated carbocycles. The number of rotatable bonds is 11. The third-order valence-corrected chi connectivity index (χ3v) is 4.19. The van der Waals surface area contributed by atoms with Crippen molar-refractivity contribution in [2.24, 2.45) is 17.8 Å². The van der Waals surface area contributed by atoms with Crippen LogP contribution in [-0.2, 0) is 4.74 Å². The Labute approximate surface area is 126 Å². The first kappa shape index (κ1) is 17.7. The molecule has 2 atom stereocenters. The second-order valence-corrected chi connectivity index (χ2v) is 6.77. The van der Waals surface area contributed by atoms with Crippen LogP contribution in [0.4, 0.5) is 0 Å². The predicted molar refractivity (Wildman–Crippen MR) is 88.0 cm³/mol. The molecule has 2 nitrogen and oxygen atoms in total. The van der Waals surface area contributed by atoms with Crippen molar-refractivity contribution in [3.05, 3.63) is 12.2 Å². The number of hydrogen-bond acceptors (Lipinski definition) is 2. The monoisotopic (exact) mass is 281 g/mol. The normalized spacial score (nSPS) is 22.6. The maximum Gasteiger partial charge on any atom is 0.0499 e. The van der Waals surface area contributed by atoms with Gasteiger partial charge in [0, 0.05) is 13.2 Å². The van der Waals surface area contributed by atoms with Gasteiger partial charge >= 0.3 is 0 Å². The molecular weight excluding hydrogens is 246 g/mol. The van der Waals surface area contributed by atoms with Crippen LogP contribution in [0.15, 0.2) is 12.2 Å². The topological polar surface area (TPSA) is 21.3 Å². The number of unbranched alkanes of at least 4 members (excludes halogenated alkanes) is 3. The highest BCUT2D eigenvalue weighted by molar-refractivity contribution is 4.93. The third-order valence-electron chi connectivity index (χ3n) is 4.19. The molecule has 1 rings (SSSR count). The fourth-order valence-electron chi connectivity index (χ4n) is 2.67. The maximum absolute atomic E-state index is 5.85. The van der Waals surface area contributed by atoms with Gasteiger partial charge in [0.25, 0.3) is 0 Å². The van der Waals surface area contributed by atoms with Crippen molar-refractivity contribution in [3.63, 3.8) is 0 Å². The van der Waals surface area contributed by atoms with Gasteiger partial charge < -0.3 is 10.1 Å². The molecule has 20 heavy (non-hydrogen) atoms. The molecule has 0 aromatic heterocycles. The summed E-state index contributed by atoms with van der Waals surface area (Å²) in [5.41, 5.74) is 0. The molecule has 2 heteroatoms. The van der Waals surface area contributed by atoms with Gasteiger partial charge in [-0.25, -0.2) is 0 Å². The minimum absolute atomic E-state index is 0.750. The van der Waals surface area contributed by atoms with Gasteiger partial charge in [-0.15, -0.1) is 0 Å². The summed E-state index contributed by atoms with van der Waals surface area (Å²) in [6.07, 6.45) is 12.2. The summed E-state index contributed by atoms with van der Waals surface area (Å²) in [6.45, 7) is 11.1. The standard InChI is InChI=1S/C18H35NO/c1-16(2)14-19-12-8-4-5-9-13-20-15-18-11-7-6-10-17(18)3/h6-7,16-19H,4-5,8-15H2,1-3H3. The van der Waals surface area contributed by atoms with Crippen molar-refractivity contribution in [3.8, 4) is 0 Å². The van der Waals surface area contributed by atoms with Crippen LogP contribution in [0.5, 0.6) is 0 Å². The lowest BCUT2D eigenvalue weighted by Crippen LogP contribution is -2.20. The van der Waals surface area contributed by atoms with Gasteiger partial charge in [0.05, 0.1) is 0 Å². The van der Waals surface area contributed by atoms with Crippen molar-refractivity contribution in [1.82, 2.24) is 5.32 Å². The average Bonchev–Trinajstić information content (AvgIpc) is 2.42. The Bertz CT molecular complexity index is 250. The summed E-state index contributed by atoms with van der Waals surface area (Å²) in [6, 6.07) is 0. The van der Waals surface area contributed by atoms with Gasteiger partial charge in [0.2, 0.25) is 0 Å². The van der Waals surface area contributed by atoms with E-state index in [1.165, 1.54) is 45.1 Å². The molecule has 0 heterocycles. The third kappa shape index (κ3) is 8.76. The molecular formula is C18H35NO. The number of hydrogen-bond donors (Lipinski definition) is 1. The van der Waals surface area contributed by atoms with Gasteiger partial charge in [0.15, 0.2) is 0 Å². The molecule has 0 fully saturated rings. The first-order valence-electron chi connectivity index (χ1n) is 8.63. The van der Waals surface area contributed by atoms with E-state index in [0.717, 1.165) is 37.5 Å². The molecule has 0 bridgehead atoms. The molecule has 0 aromatic rings. The molecule has 0 radical (unpaired) electrons. The molecule has 1 N–H and O–H groups in total. The Kier molecular flexibility index (Phi) is 10.0. The highest BCUT2D eigenvalue weighted by atomic mass is 16.5. The average molecular weight is 281 g/mol. The van der Waals surface area contributed by atoms with Crippen LogP contribution in [0.1, 0.15) is 59.3 Å². The van der Waals surface area contributed by atoms with Crippen molar-refractivity contribution in [2.75, 3.05) is 26.3 Å². The molecule has 1 aliphatic carbocycles. The highest BCUT2D eigenvalue weighted by Crippen LogP contribution is 2.25. The van der Waals surface area contributed by atoms with E-state index in [1.807, 2.05) is 0 Å². The van der Waals surface area contributed by atoms with Crippen LogP contribution in [-0.4, -0.2) is 26.3 Å². The second-order valence-electron chi connectivity index (χ2n) is 6.77. The zero-order valence-corrected chi connectivity index (χ0v) is 13.9. The zero-order valence-electron chi connectivity index (χ0n) is 13.9. The van der Waals surface area contributed by atoms with Crippen LogP contribution in [0.2, 0.25) is 0 Å². The van der Waals surface area contributed by atoms with E-state index in [-0.39, 0.29) is 0 Å². The molecule has 0 aromatic carbocycles. The van der Waals surface area contributed by atoms with E-state index < -0.39 is 0 Å². The van der Waals surface area contributed by atoms with Crippen LogP contribution >= 0.6 is 0 Å². The van der Waals surface area contributed by atoms with Crippen molar-refractivity contribution >= 4 is 0 Å². The van der Waals surface area contributed by atoms with Gasteiger partial charge in [-0.3, -0.25) is 0 Å². The Morgan fingerprint density at radius 2 is 1.85 bits per heavy atom. The summed E-state index contributed by atoms with van der Waals surface area (Å²) in [4.78, 5) is 0. The lowest BCUT2D eigenvalue weighted by molar-refractivity contribution is 0.0765. The van der Waals surface area contributed by atoms with E-state index in [4.69, 9.17) is 4.74 Å². The number of nitrogens with one attached hydrogen (secondary N) is 1. The minimum atomic E-state index is 0.750. The van der Waals surface area contributed by atoms with E-state index >= 15 is 0 Å². The van der Waals surface area contributed by atoms with Crippen LogP contribution < -0.4 is 5.32 Å². The van der Waals surface area contributed by atoms with E-state index in [2.05, 4.69) is 38.2 Å². The van der Waals surface area contributed by atoms with E-state index in [9.17, 15) is 0 Å². The van der Waals surface area contributed by atoms with Crippen molar-refractivity contribution in [1.29, 1.82) is 0 Å². The predicted octanol–water partition coefficient (Wildman–Crippen LogP) is 4.41. The van der Waals surface area contributed by atoms with Crippen molar-refractivity contribution in [2.45, 2.75) is 59.3 Å². The van der Waals surface area contributed by atoms with E-state index in [1.54, 1.807) is 0 Å². The SMILES string of the molecule is CC(C)CNCCCCCCOCC1CC=CCC1C. The maximum atomic E-state index is 5.85. The molecule has 0 spiro atoms. The van der Waals surface area contributed by atoms with Crippen molar-refractivity contribution < 1.29 is 4.74 Å². The van der Waals surface area contributed by atoms with Gasteiger partial charge in [-0.2, -0.15) is 0 Å². The second kappa shape index (κ2) is 11.3. The summed E-state index contributed by atoms with van der Waals surface area (Å²) in [5.74, 6) is 2.31. The number of ether oxygens (including phenoxy) is 1. The van der Waals surface area contributed by atoms with E-state index in [0.29, 0.717) is 0 Å². The fourth-order valence-corrected chi connectivity index (χ4v) is 2.67. The van der Waals surface area contributed by atoms with Gasteiger partial charge in [0.1, 0.15) is 0 Å². The minimum Gasteiger partial charge on any atom is -0.381 e. The van der Waals surface area contributed by atoms with Gasteiger partial charge in [-0.05, 0) is 56.5 Å². The largest absolute Gasteiger partial charge is 0.381 e. The van der Waals surface area contributed by atoms with Crippen LogP contribution in [0.25, 0.3) is 0 Å². The molecule has 0 aliphatic heterocycles. The molecule has 2 unspecified atom stereocenters. The summed E-state index contributed by atoms with van der Waals surface area (Å²) >= 11 is 0. The highest BCUT2D eigenvalue weighted by Gasteiger charge is 2.17. The first-order chi connectivity index (χ1) is 9.70. The Morgan fingerprint density at radius 3 is 2.60 bits per heavy atom. The summed E-state index contributed by atoms with van der Waals surface area (Å²) in [7, 11) is 0.